The van der Waals surface area contributed by atoms with Gasteiger partial charge in [-0.1, -0.05) is 0 Å². The second-order valence-corrected chi connectivity index (χ2v) is 3.79. The number of aromatic carboxylic acids is 1. The van der Waals surface area contributed by atoms with Crippen LogP contribution in [0.5, 0.6) is 0 Å². The summed E-state index contributed by atoms with van der Waals surface area (Å²) in [5.74, 6) is -0.749. The van der Waals surface area contributed by atoms with E-state index in [1.54, 1.807) is 11.7 Å². The van der Waals surface area contributed by atoms with Crippen molar-refractivity contribution < 1.29 is 14.6 Å². The molecule has 0 aliphatic carbocycles. The van der Waals surface area contributed by atoms with Gasteiger partial charge in [-0.25, -0.2) is 4.79 Å². The highest BCUT2D eigenvalue weighted by Gasteiger charge is 2.25. The van der Waals surface area contributed by atoms with Gasteiger partial charge in [0.25, 0.3) is 0 Å². The zero-order valence-electron chi connectivity index (χ0n) is 8.64. The molecule has 5 heteroatoms. The summed E-state index contributed by atoms with van der Waals surface area (Å²) in [6.07, 6.45) is 3.36. The summed E-state index contributed by atoms with van der Waals surface area (Å²) < 4.78 is 7.00. The Hall–Kier alpha value is -1.36. The van der Waals surface area contributed by atoms with Crippen molar-refractivity contribution in [1.29, 1.82) is 0 Å². The van der Waals surface area contributed by atoms with Crippen LogP contribution in [0.3, 0.4) is 0 Å². The van der Waals surface area contributed by atoms with E-state index >= 15 is 0 Å². The molecule has 0 spiro atoms. The molecule has 1 aromatic heterocycles. The number of nitrogens with zero attached hydrogens (tertiary/aromatic N) is 2. The Morgan fingerprint density at radius 3 is 3.13 bits per heavy atom. The molecule has 0 saturated carbocycles. The van der Waals surface area contributed by atoms with Gasteiger partial charge in [0.05, 0.1) is 18.5 Å². The van der Waals surface area contributed by atoms with Crippen molar-refractivity contribution in [2.75, 3.05) is 13.2 Å². The predicted octanol–water partition coefficient (Wildman–Crippen LogP) is 1.01. The Morgan fingerprint density at radius 1 is 1.73 bits per heavy atom. The van der Waals surface area contributed by atoms with Crippen LogP contribution in [-0.2, 0) is 11.8 Å². The standard InChI is InChI=1S/C10H14N2O3/c1-12-9(7-3-2-4-15-6-7)8(5-11-12)10(13)14/h5,7H,2-4,6H2,1H3,(H,13,14). The van der Waals surface area contributed by atoms with Gasteiger partial charge in [0, 0.05) is 19.6 Å². The molecule has 0 aromatic carbocycles. The lowest BCUT2D eigenvalue weighted by molar-refractivity contribution is 0.0676. The number of carbonyl (C=O) groups is 1. The highest BCUT2D eigenvalue weighted by molar-refractivity contribution is 5.88. The fraction of sp³-hybridized carbons (Fsp3) is 0.600. The first kappa shape index (κ1) is 10.2. The van der Waals surface area contributed by atoms with Crippen LogP contribution in [-0.4, -0.2) is 34.1 Å². The Kier molecular flexibility index (Phi) is 2.73. The molecule has 1 aliphatic rings. The molecular formula is C10H14N2O3. The first-order valence-electron chi connectivity index (χ1n) is 5.03. The minimum absolute atomic E-state index is 0.164. The molecule has 1 saturated heterocycles. The zero-order valence-corrected chi connectivity index (χ0v) is 8.64. The Balaban J connectivity index is 2.32. The largest absolute Gasteiger partial charge is 0.478 e. The first-order valence-corrected chi connectivity index (χ1v) is 5.03. The summed E-state index contributed by atoms with van der Waals surface area (Å²) in [6.45, 7) is 1.37. The van der Waals surface area contributed by atoms with E-state index in [1.165, 1.54) is 6.20 Å². The quantitative estimate of drug-likeness (QED) is 0.791. The minimum atomic E-state index is -0.913. The first-order chi connectivity index (χ1) is 7.20. The van der Waals surface area contributed by atoms with Crippen LogP contribution in [0.15, 0.2) is 6.20 Å². The third kappa shape index (κ3) is 1.87. The molecule has 1 aliphatic heterocycles. The summed E-state index contributed by atoms with van der Waals surface area (Å²) in [4.78, 5) is 11.0. The van der Waals surface area contributed by atoms with E-state index in [1.807, 2.05) is 0 Å². The number of aromatic nitrogens is 2. The van der Waals surface area contributed by atoms with Gasteiger partial charge in [-0.05, 0) is 12.8 Å². The van der Waals surface area contributed by atoms with Gasteiger partial charge < -0.3 is 9.84 Å². The number of hydrogen-bond donors (Lipinski definition) is 1. The summed E-state index contributed by atoms with van der Waals surface area (Å²) in [7, 11) is 1.77. The highest BCUT2D eigenvalue weighted by Crippen LogP contribution is 2.27. The second-order valence-electron chi connectivity index (χ2n) is 3.79. The van der Waals surface area contributed by atoms with Crippen LogP contribution < -0.4 is 0 Å². The number of rotatable bonds is 2. The average Bonchev–Trinajstić information content (AvgIpc) is 2.61. The summed E-state index contributed by atoms with van der Waals surface area (Å²) in [6, 6.07) is 0. The average molecular weight is 210 g/mol. The van der Waals surface area contributed by atoms with Gasteiger partial charge in [0.1, 0.15) is 5.56 Å². The highest BCUT2D eigenvalue weighted by atomic mass is 16.5. The van der Waals surface area contributed by atoms with Crippen molar-refractivity contribution in [2.24, 2.45) is 7.05 Å². The molecule has 1 N–H and O–H groups in total. The number of aryl methyl sites for hydroxylation is 1. The van der Waals surface area contributed by atoms with Gasteiger partial charge in [0.2, 0.25) is 0 Å². The van der Waals surface area contributed by atoms with Gasteiger partial charge >= 0.3 is 5.97 Å². The Bertz CT molecular complexity index is 367. The normalized spacial score (nSPS) is 21.5. The maximum Gasteiger partial charge on any atom is 0.339 e. The van der Waals surface area contributed by atoms with Crippen LogP contribution in [0.2, 0.25) is 0 Å². The third-order valence-electron chi connectivity index (χ3n) is 2.76. The molecular weight excluding hydrogens is 196 g/mol. The van der Waals surface area contributed by atoms with Gasteiger partial charge in [-0.3, -0.25) is 4.68 Å². The van der Waals surface area contributed by atoms with Crippen molar-refractivity contribution in [2.45, 2.75) is 18.8 Å². The number of carboxylic acids is 1. The van der Waals surface area contributed by atoms with Crippen molar-refractivity contribution >= 4 is 5.97 Å². The Morgan fingerprint density at radius 2 is 2.53 bits per heavy atom. The SMILES string of the molecule is Cn1ncc(C(=O)O)c1C1CCCOC1. The van der Waals surface area contributed by atoms with Crippen molar-refractivity contribution in [3.8, 4) is 0 Å². The monoisotopic (exact) mass is 210 g/mol. The molecule has 0 amide bonds. The van der Waals surface area contributed by atoms with Crippen molar-refractivity contribution in [1.82, 2.24) is 9.78 Å². The lowest BCUT2D eigenvalue weighted by Crippen LogP contribution is -2.20. The molecule has 1 atom stereocenters. The fourth-order valence-corrected chi connectivity index (χ4v) is 2.05. The van der Waals surface area contributed by atoms with Gasteiger partial charge in [-0.2, -0.15) is 5.10 Å². The molecule has 5 nitrogen and oxygen atoms in total. The summed E-state index contributed by atoms with van der Waals surface area (Å²) in [5.41, 5.74) is 1.08. The van der Waals surface area contributed by atoms with Crippen LogP contribution in [0, 0.1) is 0 Å². The number of ether oxygens (including phenoxy) is 1. The maximum atomic E-state index is 11.0. The van der Waals surface area contributed by atoms with Crippen molar-refractivity contribution in [3.63, 3.8) is 0 Å². The predicted molar refractivity (Wildman–Crippen MR) is 53.0 cm³/mol. The van der Waals surface area contributed by atoms with Gasteiger partial charge in [0.15, 0.2) is 0 Å². The topological polar surface area (TPSA) is 64.4 Å². The van der Waals surface area contributed by atoms with Crippen LogP contribution in [0.4, 0.5) is 0 Å². The molecule has 2 heterocycles. The van der Waals surface area contributed by atoms with E-state index < -0.39 is 5.97 Å². The lowest BCUT2D eigenvalue weighted by Gasteiger charge is -2.22. The number of hydrogen-bond acceptors (Lipinski definition) is 3. The van der Waals surface area contributed by atoms with Crippen molar-refractivity contribution in [3.05, 3.63) is 17.5 Å². The second kappa shape index (κ2) is 4.02. The van der Waals surface area contributed by atoms with Crippen LogP contribution in [0.1, 0.15) is 34.8 Å². The molecule has 0 radical (unpaired) electrons. The maximum absolute atomic E-state index is 11.0. The molecule has 1 unspecified atom stereocenters. The molecule has 82 valence electrons. The molecule has 0 bridgehead atoms. The number of carboxylic acid groups (broad SMARTS) is 1. The van der Waals surface area contributed by atoms with E-state index in [0.717, 1.165) is 25.1 Å². The minimum Gasteiger partial charge on any atom is -0.478 e. The molecule has 2 rings (SSSR count). The molecule has 15 heavy (non-hydrogen) atoms. The van der Waals surface area contributed by atoms with E-state index in [9.17, 15) is 4.79 Å². The molecule has 1 fully saturated rings. The molecule has 1 aromatic rings. The zero-order chi connectivity index (χ0) is 10.8. The third-order valence-corrected chi connectivity index (χ3v) is 2.76. The van der Waals surface area contributed by atoms with E-state index in [-0.39, 0.29) is 5.92 Å². The van der Waals surface area contributed by atoms with Crippen LogP contribution in [0.25, 0.3) is 0 Å². The Labute approximate surface area is 87.7 Å². The summed E-state index contributed by atoms with van der Waals surface area (Å²) in [5, 5.41) is 13.0. The van der Waals surface area contributed by atoms with E-state index in [4.69, 9.17) is 9.84 Å². The lowest BCUT2D eigenvalue weighted by atomic mass is 9.95. The fourth-order valence-electron chi connectivity index (χ4n) is 2.05. The van der Waals surface area contributed by atoms with Crippen LogP contribution >= 0.6 is 0 Å². The van der Waals surface area contributed by atoms with Gasteiger partial charge in [-0.15, -0.1) is 0 Å². The smallest absolute Gasteiger partial charge is 0.339 e. The summed E-state index contributed by atoms with van der Waals surface area (Å²) >= 11 is 0. The van der Waals surface area contributed by atoms with E-state index in [0.29, 0.717) is 12.2 Å². The van der Waals surface area contributed by atoms with E-state index in [2.05, 4.69) is 5.10 Å².